The molecule has 4 N–H and O–H groups in total. The monoisotopic (exact) mass is 521 g/mol. The number of nitrogens with two attached hydrogens (primary N) is 1. The third-order valence-corrected chi connectivity index (χ3v) is 7.42. The van der Waals surface area contributed by atoms with Crippen LogP contribution in [0.1, 0.15) is 29.7 Å². The van der Waals surface area contributed by atoms with Crippen LogP contribution in [-0.4, -0.2) is 56.9 Å². The number of amides is 1. The van der Waals surface area contributed by atoms with Gasteiger partial charge >= 0.3 is 0 Å². The van der Waals surface area contributed by atoms with Crippen LogP contribution < -0.4 is 15.8 Å². The molecule has 0 bridgehead atoms. The van der Waals surface area contributed by atoms with Crippen LogP contribution in [0.5, 0.6) is 0 Å². The highest BCUT2D eigenvalue weighted by Crippen LogP contribution is 2.19. The van der Waals surface area contributed by atoms with E-state index in [0.29, 0.717) is 13.1 Å². The number of aromatic nitrogens is 1. The van der Waals surface area contributed by atoms with Crippen LogP contribution in [0.3, 0.4) is 0 Å². The number of hydrogen-bond donors (Lipinski definition) is 3. The van der Waals surface area contributed by atoms with Crippen LogP contribution in [0.4, 0.5) is 0 Å². The van der Waals surface area contributed by atoms with Gasteiger partial charge in [0.2, 0.25) is 15.9 Å². The van der Waals surface area contributed by atoms with E-state index in [0.717, 1.165) is 60.7 Å². The Morgan fingerprint density at radius 2 is 1.70 bits per heavy atom. The van der Waals surface area contributed by atoms with Gasteiger partial charge in [-0.05, 0) is 80.4 Å². The summed E-state index contributed by atoms with van der Waals surface area (Å²) < 4.78 is 22.8. The number of sulfonamides is 1. The molecule has 0 unspecified atom stereocenters. The van der Waals surface area contributed by atoms with Crippen molar-refractivity contribution in [3.8, 4) is 11.3 Å². The van der Waals surface area contributed by atoms with E-state index < -0.39 is 10.0 Å². The highest BCUT2D eigenvalue weighted by atomic mass is 32.2. The molecule has 1 fully saturated rings. The smallest absolute Gasteiger partial charge is 0.238 e. The molecule has 3 aromatic rings. The number of benzene rings is 2. The van der Waals surface area contributed by atoms with Crippen molar-refractivity contribution < 1.29 is 13.2 Å². The zero-order chi connectivity index (χ0) is 26.1. The van der Waals surface area contributed by atoms with Crippen molar-refractivity contribution in [1.82, 2.24) is 20.5 Å². The molecule has 9 heteroatoms. The van der Waals surface area contributed by atoms with Crippen LogP contribution >= 0.6 is 0 Å². The lowest BCUT2D eigenvalue weighted by molar-refractivity contribution is -0.120. The standard InChI is InChI=1S/C28H35N5O3S/c29-37(35,36)26-11-9-22(10-12-26)13-14-30-21-23-5-3-6-24(19-23)27-8-4-7-25(32-27)20-28(34)31-15-18-33-16-1-2-17-33/h3-12,19,30H,1-2,13-18,20-21H2,(H,31,34)(H2,29,35,36). The molecule has 37 heavy (non-hydrogen) atoms. The first-order chi connectivity index (χ1) is 17.9. The van der Waals surface area contributed by atoms with Crippen LogP contribution in [0.15, 0.2) is 71.6 Å². The average Bonchev–Trinajstić information content (AvgIpc) is 3.40. The van der Waals surface area contributed by atoms with E-state index in [4.69, 9.17) is 10.1 Å². The minimum atomic E-state index is -3.67. The molecule has 1 aromatic heterocycles. The fraction of sp³-hybridized carbons (Fsp3) is 0.357. The Morgan fingerprint density at radius 3 is 2.46 bits per heavy atom. The van der Waals surface area contributed by atoms with Gasteiger partial charge in [0, 0.05) is 25.2 Å². The van der Waals surface area contributed by atoms with Crippen LogP contribution in [0.25, 0.3) is 11.3 Å². The van der Waals surface area contributed by atoms with Crippen molar-refractivity contribution in [2.45, 2.75) is 37.1 Å². The fourth-order valence-electron chi connectivity index (χ4n) is 4.48. The third-order valence-electron chi connectivity index (χ3n) is 6.49. The quantitative estimate of drug-likeness (QED) is 0.315. The van der Waals surface area contributed by atoms with Crippen LogP contribution in [-0.2, 0) is 34.2 Å². The van der Waals surface area contributed by atoms with E-state index in [1.807, 2.05) is 30.3 Å². The number of likely N-dealkylation sites (tertiary alicyclic amines) is 1. The number of nitrogens with one attached hydrogen (secondary N) is 2. The Balaban J connectivity index is 1.25. The molecular formula is C28H35N5O3S. The summed E-state index contributed by atoms with van der Waals surface area (Å²) >= 11 is 0. The first-order valence-electron chi connectivity index (χ1n) is 12.7. The minimum Gasteiger partial charge on any atom is -0.354 e. The van der Waals surface area contributed by atoms with Gasteiger partial charge in [0.25, 0.3) is 0 Å². The fourth-order valence-corrected chi connectivity index (χ4v) is 4.99. The lowest BCUT2D eigenvalue weighted by atomic mass is 10.1. The molecule has 0 radical (unpaired) electrons. The predicted octanol–water partition coefficient (Wildman–Crippen LogP) is 2.48. The Labute approximate surface area is 219 Å². The van der Waals surface area contributed by atoms with Gasteiger partial charge in [0.1, 0.15) is 0 Å². The van der Waals surface area contributed by atoms with Gasteiger partial charge in [-0.1, -0.05) is 36.4 Å². The van der Waals surface area contributed by atoms with Gasteiger partial charge in [-0.15, -0.1) is 0 Å². The molecule has 2 heterocycles. The molecule has 196 valence electrons. The van der Waals surface area contributed by atoms with Crippen molar-refractivity contribution >= 4 is 15.9 Å². The largest absolute Gasteiger partial charge is 0.354 e. The van der Waals surface area contributed by atoms with Gasteiger partial charge in [-0.25, -0.2) is 13.6 Å². The van der Waals surface area contributed by atoms with E-state index in [1.165, 1.54) is 25.0 Å². The maximum absolute atomic E-state index is 12.4. The zero-order valence-electron chi connectivity index (χ0n) is 21.0. The van der Waals surface area contributed by atoms with E-state index in [-0.39, 0.29) is 17.2 Å². The molecule has 0 saturated carbocycles. The molecule has 1 amide bonds. The Morgan fingerprint density at radius 1 is 0.946 bits per heavy atom. The van der Waals surface area contributed by atoms with E-state index in [1.54, 1.807) is 12.1 Å². The summed E-state index contributed by atoms with van der Waals surface area (Å²) in [7, 11) is -3.67. The summed E-state index contributed by atoms with van der Waals surface area (Å²) in [4.78, 5) is 19.6. The van der Waals surface area contributed by atoms with Gasteiger partial charge in [-0.3, -0.25) is 9.78 Å². The molecule has 1 aliphatic heterocycles. The van der Waals surface area contributed by atoms with E-state index in [2.05, 4.69) is 27.7 Å². The number of pyridine rings is 1. The highest BCUT2D eigenvalue weighted by molar-refractivity contribution is 7.89. The van der Waals surface area contributed by atoms with Gasteiger partial charge in [0.15, 0.2) is 0 Å². The van der Waals surface area contributed by atoms with Gasteiger partial charge < -0.3 is 15.5 Å². The Hall–Kier alpha value is -3.11. The molecule has 1 saturated heterocycles. The molecule has 0 atom stereocenters. The first-order valence-corrected chi connectivity index (χ1v) is 14.3. The predicted molar refractivity (Wildman–Crippen MR) is 145 cm³/mol. The number of rotatable bonds is 12. The molecule has 8 nitrogen and oxygen atoms in total. The van der Waals surface area contributed by atoms with Crippen molar-refractivity contribution in [3.63, 3.8) is 0 Å². The number of carbonyl (C=O) groups is 1. The summed E-state index contributed by atoms with van der Waals surface area (Å²) in [6.07, 6.45) is 3.55. The number of nitrogens with zero attached hydrogens (tertiary/aromatic N) is 2. The van der Waals surface area contributed by atoms with Gasteiger partial charge in [0.05, 0.1) is 22.7 Å². The second-order valence-corrected chi connectivity index (χ2v) is 11.0. The Kier molecular flexibility index (Phi) is 9.40. The normalized spacial score (nSPS) is 14.1. The minimum absolute atomic E-state index is 0.00101. The van der Waals surface area contributed by atoms with Crippen molar-refractivity contribution in [2.75, 3.05) is 32.7 Å². The average molecular weight is 522 g/mol. The summed E-state index contributed by atoms with van der Waals surface area (Å²) in [5.74, 6) is 0.00101. The molecule has 4 rings (SSSR count). The lowest BCUT2D eigenvalue weighted by Gasteiger charge is -2.14. The van der Waals surface area contributed by atoms with Crippen molar-refractivity contribution in [2.24, 2.45) is 5.14 Å². The molecular weight excluding hydrogens is 486 g/mol. The SMILES string of the molecule is NS(=O)(=O)c1ccc(CCNCc2cccc(-c3cccc(CC(=O)NCCN4CCCC4)n3)c2)cc1. The topological polar surface area (TPSA) is 117 Å². The Bertz CT molecular complexity index is 1290. The van der Waals surface area contributed by atoms with E-state index >= 15 is 0 Å². The maximum atomic E-state index is 12.4. The van der Waals surface area contributed by atoms with E-state index in [9.17, 15) is 13.2 Å². The molecule has 2 aromatic carbocycles. The third kappa shape index (κ3) is 8.46. The summed E-state index contributed by atoms with van der Waals surface area (Å²) in [6.45, 7) is 5.29. The zero-order valence-corrected chi connectivity index (χ0v) is 21.8. The van der Waals surface area contributed by atoms with Crippen LogP contribution in [0.2, 0.25) is 0 Å². The molecule has 0 spiro atoms. The summed E-state index contributed by atoms with van der Waals surface area (Å²) in [5, 5.41) is 11.6. The molecule has 0 aliphatic carbocycles. The summed E-state index contributed by atoms with van der Waals surface area (Å²) in [5.41, 5.74) is 4.78. The number of hydrogen-bond acceptors (Lipinski definition) is 6. The van der Waals surface area contributed by atoms with Crippen molar-refractivity contribution in [1.29, 1.82) is 0 Å². The number of carbonyl (C=O) groups excluding carboxylic acids is 1. The summed E-state index contributed by atoms with van der Waals surface area (Å²) in [6, 6.07) is 20.7. The number of primary sulfonamides is 1. The maximum Gasteiger partial charge on any atom is 0.238 e. The first kappa shape index (κ1) is 26.9. The van der Waals surface area contributed by atoms with Crippen molar-refractivity contribution in [3.05, 3.63) is 83.6 Å². The molecule has 1 aliphatic rings. The highest BCUT2D eigenvalue weighted by Gasteiger charge is 2.12. The lowest BCUT2D eigenvalue weighted by Crippen LogP contribution is -2.34. The van der Waals surface area contributed by atoms with Crippen LogP contribution in [0, 0.1) is 0 Å². The second-order valence-electron chi connectivity index (χ2n) is 9.41. The second kappa shape index (κ2) is 12.9. The van der Waals surface area contributed by atoms with Gasteiger partial charge in [-0.2, -0.15) is 0 Å².